The van der Waals surface area contributed by atoms with Crippen LogP contribution in [0.25, 0.3) is 0 Å². The molecule has 3 heteroatoms. The Morgan fingerprint density at radius 2 is 2.00 bits per heavy atom. The molecule has 0 amide bonds. The molecule has 15 heavy (non-hydrogen) atoms. The zero-order valence-electron chi connectivity index (χ0n) is 9.43. The molecule has 1 nitrogen and oxygen atoms in total. The largest absolute Gasteiger partial charge is 0.293 e. The summed E-state index contributed by atoms with van der Waals surface area (Å²) in [5, 5.41) is 0.651. The first-order valence-corrected chi connectivity index (χ1v) is 6.35. The van der Waals surface area contributed by atoms with E-state index in [1.807, 2.05) is 39.2 Å². The van der Waals surface area contributed by atoms with Crippen molar-refractivity contribution < 1.29 is 4.79 Å². The van der Waals surface area contributed by atoms with Crippen LogP contribution in [0.2, 0.25) is 5.02 Å². The Morgan fingerprint density at radius 3 is 2.47 bits per heavy atom. The van der Waals surface area contributed by atoms with Gasteiger partial charge in [-0.25, -0.2) is 0 Å². The number of aryl methyl sites for hydroxylation is 1. The third-order valence-electron chi connectivity index (χ3n) is 2.49. The first kappa shape index (κ1) is 12.6. The third-order valence-corrected chi connectivity index (χ3v) is 4.10. The van der Waals surface area contributed by atoms with E-state index < -0.39 is 4.75 Å². The fraction of sp³-hybridized carbons (Fsp3) is 0.417. The number of hydrogen-bond acceptors (Lipinski definition) is 2. The predicted octanol–water partition coefficient (Wildman–Crippen LogP) is 3.97. The second-order valence-electron chi connectivity index (χ2n) is 4.01. The summed E-state index contributed by atoms with van der Waals surface area (Å²) >= 11 is 7.54. The quantitative estimate of drug-likeness (QED) is 0.746. The highest BCUT2D eigenvalue weighted by atomic mass is 35.5. The summed E-state index contributed by atoms with van der Waals surface area (Å²) < 4.78 is -0.390. The third kappa shape index (κ3) is 2.76. The molecule has 0 saturated carbocycles. The molecule has 1 aromatic rings. The van der Waals surface area contributed by atoms with Crippen molar-refractivity contribution >= 4 is 29.1 Å². The molecule has 0 atom stereocenters. The highest BCUT2D eigenvalue weighted by Crippen LogP contribution is 2.27. The lowest BCUT2D eigenvalue weighted by atomic mass is 9.99. The normalized spacial score (nSPS) is 11.5. The topological polar surface area (TPSA) is 17.1 Å². The monoisotopic (exact) mass is 242 g/mol. The predicted molar refractivity (Wildman–Crippen MR) is 68.1 cm³/mol. The second-order valence-corrected chi connectivity index (χ2v) is 5.84. The van der Waals surface area contributed by atoms with Crippen LogP contribution in [0.1, 0.15) is 29.8 Å². The summed E-state index contributed by atoms with van der Waals surface area (Å²) in [6.45, 7) is 5.78. The standard InChI is InChI=1S/C12H15ClOS/c1-8-5-6-9(7-10(8)13)11(14)12(2,3)15-4/h5-7H,1-4H3. The van der Waals surface area contributed by atoms with E-state index in [0.717, 1.165) is 5.56 Å². The average molecular weight is 243 g/mol. The molecule has 0 aliphatic carbocycles. The van der Waals surface area contributed by atoms with Crippen LogP contribution in [0, 0.1) is 6.92 Å². The summed E-state index contributed by atoms with van der Waals surface area (Å²) in [6, 6.07) is 5.46. The van der Waals surface area contributed by atoms with E-state index in [0.29, 0.717) is 10.6 Å². The summed E-state index contributed by atoms with van der Waals surface area (Å²) in [4.78, 5) is 12.1. The molecule has 0 N–H and O–H groups in total. The molecular formula is C12H15ClOS. The van der Waals surface area contributed by atoms with Gasteiger partial charge in [0, 0.05) is 10.6 Å². The maximum atomic E-state index is 12.1. The van der Waals surface area contributed by atoms with E-state index in [-0.39, 0.29) is 5.78 Å². The second kappa shape index (κ2) is 4.58. The Bertz CT molecular complexity index is 385. The molecule has 0 spiro atoms. The lowest BCUT2D eigenvalue weighted by Gasteiger charge is -2.20. The van der Waals surface area contributed by atoms with Crippen molar-refractivity contribution in [1.82, 2.24) is 0 Å². The van der Waals surface area contributed by atoms with Gasteiger partial charge in [0.1, 0.15) is 0 Å². The number of ketones is 1. The van der Waals surface area contributed by atoms with Gasteiger partial charge >= 0.3 is 0 Å². The van der Waals surface area contributed by atoms with Crippen molar-refractivity contribution in [1.29, 1.82) is 0 Å². The number of carbonyl (C=O) groups excluding carboxylic acids is 1. The average Bonchev–Trinajstić information content (AvgIpc) is 2.21. The zero-order valence-corrected chi connectivity index (χ0v) is 11.0. The number of Topliss-reactive ketones (excluding diaryl/α,β-unsaturated/α-hetero) is 1. The van der Waals surface area contributed by atoms with Crippen molar-refractivity contribution in [3.63, 3.8) is 0 Å². The smallest absolute Gasteiger partial charge is 0.178 e. The number of hydrogen-bond donors (Lipinski definition) is 0. The van der Waals surface area contributed by atoms with E-state index in [2.05, 4.69) is 0 Å². The maximum Gasteiger partial charge on any atom is 0.178 e. The van der Waals surface area contributed by atoms with Gasteiger partial charge in [-0.05, 0) is 38.7 Å². The van der Waals surface area contributed by atoms with Gasteiger partial charge in [0.15, 0.2) is 5.78 Å². The molecule has 82 valence electrons. The first-order valence-electron chi connectivity index (χ1n) is 4.74. The van der Waals surface area contributed by atoms with Crippen LogP contribution >= 0.6 is 23.4 Å². The highest BCUT2D eigenvalue weighted by Gasteiger charge is 2.27. The molecule has 0 aromatic heterocycles. The number of benzene rings is 1. The van der Waals surface area contributed by atoms with E-state index in [1.54, 1.807) is 17.8 Å². The minimum Gasteiger partial charge on any atom is -0.293 e. The molecule has 0 bridgehead atoms. The summed E-state index contributed by atoms with van der Waals surface area (Å²) in [6.07, 6.45) is 1.94. The fourth-order valence-corrected chi connectivity index (χ4v) is 1.66. The Kier molecular flexibility index (Phi) is 3.85. The van der Waals surface area contributed by atoms with Crippen LogP contribution in [0.15, 0.2) is 18.2 Å². The van der Waals surface area contributed by atoms with Gasteiger partial charge < -0.3 is 0 Å². The molecule has 0 aliphatic heterocycles. The van der Waals surface area contributed by atoms with Crippen LogP contribution in [0.5, 0.6) is 0 Å². The van der Waals surface area contributed by atoms with Crippen molar-refractivity contribution in [3.05, 3.63) is 34.3 Å². The Balaban J connectivity index is 3.08. The van der Waals surface area contributed by atoms with Crippen LogP contribution in [0.3, 0.4) is 0 Å². The molecule has 1 rings (SSSR count). The van der Waals surface area contributed by atoms with Crippen molar-refractivity contribution in [2.24, 2.45) is 0 Å². The van der Waals surface area contributed by atoms with Crippen LogP contribution in [0.4, 0.5) is 0 Å². The molecule has 0 radical (unpaired) electrons. The number of halogens is 1. The van der Waals surface area contributed by atoms with Gasteiger partial charge in [0.2, 0.25) is 0 Å². The van der Waals surface area contributed by atoms with Gasteiger partial charge in [-0.15, -0.1) is 0 Å². The minimum atomic E-state index is -0.390. The maximum absolute atomic E-state index is 12.1. The Hall–Kier alpha value is -0.470. The first-order chi connectivity index (χ1) is 6.88. The highest BCUT2D eigenvalue weighted by molar-refractivity contribution is 8.00. The van der Waals surface area contributed by atoms with E-state index in [1.165, 1.54) is 0 Å². The molecule has 0 heterocycles. The molecule has 0 unspecified atom stereocenters. The summed E-state index contributed by atoms with van der Waals surface area (Å²) in [5.41, 5.74) is 1.68. The molecule has 1 aromatic carbocycles. The van der Waals surface area contributed by atoms with E-state index in [4.69, 9.17) is 11.6 Å². The van der Waals surface area contributed by atoms with Crippen molar-refractivity contribution in [3.8, 4) is 0 Å². The Morgan fingerprint density at radius 1 is 1.40 bits per heavy atom. The SMILES string of the molecule is CSC(C)(C)C(=O)c1ccc(C)c(Cl)c1. The van der Waals surface area contributed by atoms with Crippen molar-refractivity contribution in [2.75, 3.05) is 6.26 Å². The molecule has 0 fully saturated rings. The molecular weight excluding hydrogens is 228 g/mol. The van der Waals surface area contributed by atoms with Gasteiger partial charge in [-0.1, -0.05) is 23.7 Å². The van der Waals surface area contributed by atoms with Gasteiger partial charge in [0.05, 0.1) is 4.75 Å². The minimum absolute atomic E-state index is 0.122. The lowest BCUT2D eigenvalue weighted by Crippen LogP contribution is -2.27. The number of rotatable bonds is 3. The van der Waals surface area contributed by atoms with Gasteiger partial charge in [-0.3, -0.25) is 4.79 Å². The summed E-state index contributed by atoms with van der Waals surface area (Å²) in [5.74, 6) is 0.122. The van der Waals surface area contributed by atoms with Crippen LogP contribution < -0.4 is 0 Å². The van der Waals surface area contributed by atoms with Crippen LogP contribution in [-0.4, -0.2) is 16.8 Å². The van der Waals surface area contributed by atoms with Gasteiger partial charge in [0.25, 0.3) is 0 Å². The number of thioether (sulfide) groups is 1. The van der Waals surface area contributed by atoms with Gasteiger partial charge in [-0.2, -0.15) is 11.8 Å². The Labute approximate surface area is 100 Å². The molecule has 0 saturated heterocycles. The molecule has 0 aliphatic rings. The van der Waals surface area contributed by atoms with Crippen LogP contribution in [-0.2, 0) is 0 Å². The summed E-state index contributed by atoms with van der Waals surface area (Å²) in [7, 11) is 0. The van der Waals surface area contributed by atoms with Crippen molar-refractivity contribution in [2.45, 2.75) is 25.5 Å². The zero-order chi connectivity index (χ0) is 11.6. The fourth-order valence-electron chi connectivity index (χ4n) is 1.17. The van der Waals surface area contributed by atoms with E-state index in [9.17, 15) is 4.79 Å². The number of carbonyl (C=O) groups is 1. The lowest BCUT2D eigenvalue weighted by molar-refractivity contribution is 0.0958. The van der Waals surface area contributed by atoms with E-state index >= 15 is 0 Å².